The van der Waals surface area contributed by atoms with Gasteiger partial charge in [-0.2, -0.15) is 0 Å². The second-order valence-corrected chi connectivity index (χ2v) is 7.27. The topological polar surface area (TPSA) is 127 Å². The Bertz CT molecular complexity index is 1310. The number of carbonyl (C=O) groups is 2. The molecule has 1 aliphatic heterocycles. The van der Waals surface area contributed by atoms with Crippen molar-refractivity contribution >= 4 is 23.5 Å². The van der Waals surface area contributed by atoms with Crippen LogP contribution in [0.2, 0.25) is 0 Å². The molecule has 0 amide bonds. The first-order valence-corrected chi connectivity index (χ1v) is 10.2. The van der Waals surface area contributed by atoms with Gasteiger partial charge in [0.2, 0.25) is 11.5 Å². The molecule has 10 heteroatoms. The highest BCUT2D eigenvalue weighted by Gasteiger charge is 2.28. The van der Waals surface area contributed by atoms with E-state index in [0.29, 0.717) is 28.4 Å². The maximum Gasteiger partial charge on any atom is 0.343 e. The van der Waals surface area contributed by atoms with Gasteiger partial charge < -0.3 is 34.1 Å². The third-order valence-corrected chi connectivity index (χ3v) is 5.14. The Morgan fingerprint density at radius 1 is 1.00 bits per heavy atom. The Hall–Kier alpha value is -4.54. The number of esters is 1. The minimum atomic E-state index is -0.758. The van der Waals surface area contributed by atoms with Gasteiger partial charge in [-0.25, -0.2) is 4.79 Å². The van der Waals surface area contributed by atoms with E-state index in [9.17, 15) is 14.8 Å². The summed E-state index contributed by atoms with van der Waals surface area (Å²) in [5.74, 6) is 0.547. The largest absolute Gasteiger partial charge is 0.733 e. The van der Waals surface area contributed by atoms with Crippen molar-refractivity contribution in [2.45, 2.75) is 0 Å². The van der Waals surface area contributed by atoms with Gasteiger partial charge in [-0.05, 0) is 54.1 Å². The summed E-state index contributed by atoms with van der Waals surface area (Å²) in [6.07, 6.45) is 1.54. The lowest BCUT2D eigenvalue weighted by Crippen LogP contribution is -2.11. The van der Waals surface area contributed by atoms with Crippen LogP contribution in [-0.2, 0) is 0 Å². The number of hydrogen-bond acceptors (Lipinski definition) is 10. The van der Waals surface area contributed by atoms with Gasteiger partial charge in [0.25, 0.3) is 0 Å². The van der Waals surface area contributed by atoms with E-state index in [0.717, 1.165) is 0 Å². The number of hydrogen-bond donors (Lipinski definition) is 1. The third kappa shape index (κ3) is 4.74. The number of nitrogens with zero attached hydrogens (tertiary/aromatic N) is 1. The number of ether oxygens (including phenoxy) is 5. The lowest BCUT2D eigenvalue weighted by Gasteiger charge is -2.21. The first-order chi connectivity index (χ1) is 16.8. The minimum absolute atomic E-state index is 0.0536. The number of allylic oxidation sites excluding steroid dienone is 1. The highest BCUT2D eigenvalue weighted by atomic mass is 16.8. The van der Waals surface area contributed by atoms with E-state index in [-0.39, 0.29) is 39.5 Å². The molecule has 0 radical (unpaired) electrons. The van der Waals surface area contributed by atoms with Crippen molar-refractivity contribution < 1.29 is 38.5 Å². The molecule has 3 aromatic carbocycles. The fraction of sp³-hybridized carbons (Fsp3) is 0.120. The molecule has 1 N–H and O–H groups in total. The predicted octanol–water partition coefficient (Wildman–Crippen LogP) is 4.24. The van der Waals surface area contributed by atoms with Gasteiger partial charge in [-0.3, -0.25) is 10.0 Å². The number of fused-ring (bicyclic) bond motifs is 1. The van der Waals surface area contributed by atoms with Crippen LogP contribution in [0.5, 0.6) is 28.7 Å². The summed E-state index contributed by atoms with van der Waals surface area (Å²) in [5, 5.41) is 19.7. The molecule has 1 heterocycles. The van der Waals surface area contributed by atoms with E-state index in [1.807, 2.05) is 0 Å². The number of methoxy groups -OCH3 is 3. The van der Waals surface area contributed by atoms with Crippen LogP contribution in [0, 0.1) is 5.21 Å². The average molecular weight is 478 g/mol. The molecule has 0 saturated carbocycles. The van der Waals surface area contributed by atoms with Crippen LogP contribution in [-0.4, -0.2) is 38.3 Å². The number of carbonyl (C=O) groups excluding carboxylic acids is 2. The van der Waals surface area contributed by atoms with Crippen molar-refractivity contribution in [3.05, 3.63) is 82.3 Å². The van der Waals surface area contributed by atoms with Crippen molar-refractivity contribution in [3.63, 3.8) is 0 Å². The number of rotatable bonds is 7. The molecule has 0 aliphatic carbocycles. The standard InChI is InChI=1S/C25H20NO9/c1-31-21-10-14(11-22(32-2)24(21)33-3)9-20-23(27)18-8-7-17(13-19(18)35-20)34-25(28)15-5-4-6-16(12-15)26(29)30/h4-13,29H,1-3H3/q-1. The quantitative estimate of drug-likeness (QED) is 0.228. The van der Waals surface area contributed by atoms with Gasteiger partial charge in [-0.15, -0.1) is 0 Å². The lowest BCUT2D eigenvalue weighted by atomic mass is 10.1. The van der Waals surface area contributed by atoms with Crippen molar-refractivity contribution in [1.82, 2.24) is 0 Å². The number of Topliss-reactive ketones (excluding diaryl/α,β-unsaturated/α-hetero) is 1. The molecular formula is C25H20NO9-. The number of ketones is 1. The molecule has 180 valence electrons. The molecule has 35 heavy (non-hydrogen) atoms. The van der Waals surface area contributed by atoms with Crippen LogP contribution in [0.1, 0.15) is 26.3 Å². The average Bonchev–Trinajstić information content (AvgIpc) is 3.17. The van der Waals surface area contributed by atoms with E-state index in [1.165, 1.54) is 69.9 Å². The molecule has 4 rings (SSSR count). The molecule has 0 aromatic heterocycles. The molecule has 0 saturated heterocycles. The summed E-state index contributed by atoms with van der Waals surface area (Å²) in [6.45, 7) is 0. The van der Waals surface area contributed by atoms with Crippen LogP contribution in [0.3, 0.4) is 0 Å². The first-order valence-electron chi connectivity index (χ1n) is 10.2. The van der Waals surface area contributed by atoms with Gasteiger partial charge >= 0.3 is 5.97 Å². The smallest absolute Gasteiger partial charge is 0.343 e. The zero-order valence-corrected chi connectivity index (χ0v) is 18.9. The number of benzene rings is 3. The van der Waals surface area contributed by atoms with Gasteiger partial charge in [0.05, 0.1) is 38.1 Å². The summed E-state index contributed by atoms with van der Waals surface area (Å²) in [4.78, 5) is 25.3. The summed E-state index contributed by atoms with van der Waals surface area (Å²) in [6, 6.07) is 13.1. The normalized spacial score (nSPS) is 13.2. The van der Waals surface area contributed by atoms with Crippen LogP contribution < -0.4 is 28.9 Å². The molecule has 0 spiro atoms. The summed E-state index contributed by atoms with van der Waals surface area (Å²) in [7, 11) is 4.46. The second kappa shape index (κ2) is 9.75. The first kappa shape index (κ1) is 23.6. The summed E-state index contributed by atoms with van der Waals surface area (Å²) >= 11 is 0. The van der Waals surface area contributed by atoms with Crippen LogP contribution in [0.4, 0.5) is 5.69 Å². The molecule has 0 fully saturated rings. The lowest BCUT2D eigenvalue weighted by molar-refractivity contribution is 0.0734. The van der Waals surface area contributed by atoms with Gasteiger partial charge in [-0.1, -0.05) is 6.07 Å². The molecular weight excluding hydrogens is 458 g/mol. The summed E-state index contributed by atoms with van der Waals surface area (Å²) in [5.41, 5.74) is 0.813. The maximum absolute atomic E-state index is 12.8. The van der Waals surface area contributed by atoms with E-state index >= 15 is 0 Å². The Kier molecular flexibility index (Phi) is 6.58. The molecule has 10 nitrogen and oxygen atoms in total. The van der Waals surface area contributed by atoms with Crippen molar-refractivity contribution in [1.29, 1.82) is 0 Å². The molecule has 3 aromatic rings. The van der Waals surface area contributed by atoms with E-state index in [1.54, 1.807) is 12.1 Å². The maximum atomic E-state index is 12.8. The Morgan fingerprint density at radius 2 is 1.71 bits per heavy atom. The van der Waals surface area contributed by atoms with Gasteiger partial charge in [0.15, 0.2) is 17.3 Å². The van der Waals surface area contributed by atoms with Crippen molar-refractivity contribution in [3.8, 4) is 28.7 Å². The second-order valence-electron chi connectivity index (χ2n) is 7.27. The van der Waals surface area contributed by atoms with Gasteiger partial charge in [0.1, 0.15) is 11.5 Å². The number of anilines is 1. The zero-order valence-electron chi connectivity index (χ0n) is 18.9. The SMILES string of the molecule is COc1cc(C=C2Oc3cc(OC(=O)c4cccc(N([O-])O)c4)ccc3C2=O)cc(OC)c1OC. The van der Waals surface area contributed by atoms with Crippen LogP contribution in [0.25, 0.3) is 6.08 Å². The Labute approximate surface area is 200 Å². The Morgan fingerprint density at radius 3 is 2.34 bits per heavy atom. The Balaban J connectivity index is 1.57. The molecule has 0 unspecified atom stereocenters. The van der Waals surface area contributed by atoms with E-state index in [2.05, 4.69) is 0 Å². The highest BCUT2D eigenvalue weighted by molar-refractivity contribution is 6.14. The molecule has 0 atom stereocenters. The summed E-state index contributed by atoms with van der Waals surface area (Å²) < 4.78 is 27.1. The monoisotopic (exact) mass is 478 g/mol. The zero-order chi connectivity index (χ0) is 25.1. The third-order valence-electron chi connectivity index (χ3n) is 5.14. The molecule has 0 bridgehead atoms. The van der Waals surface area contributed by atoms with Crippen LogP contribution in [0.15, 0.2) is 60.4 Å². The van der Waals surface area contributed by atoms with E-state index < -0.39 is 5.97 Å². The van der Waals surface area contributed by atoms with Gasteiger partial charge in [0, 0.05) is 6.07 Å². The van der Waals surface area contributed by atoms with Crippen molar-refractivity contribution in [2.24, 2.45) is 0 Å². The van der Waals surface area contributed by atoms with E-state index in [4.69, 9.17) is 28.9 Å². The fourth-order valence-electron chi connectivity index (χ4n) is 3.48. The van der Waals surface area contributed by atoms with Crippen molar-refractivity contribution in [2.75, 3.05) is 26.6 Å². The predicted molar refractivity (Wildman–Crippen MR) is 125 cm³/mol. The van der Waals surface area contributed by atoms with Crippen LogP contribution >= 0.6 is 0 Å². The minimum Gasteiger partial charge on any atom is -0.733 e. The fourth-order valence-corrected chi connectivity index (χ4v) is 3.48. The molecule has 1 aliphatic rings. The highest BCUT2D eigenvalue weighted by Crippen LogP contribution is 2.40.